The summed E-state index contributed by atoms with van der Waals surface area (Å²) in [4.78, 5) is 1.94. The van der Waals surface area contributed by atoms with E-state index in [2.05, 4.69) is 0 Å². The summed E-state index contributed by atoms with van der Waals surface area (Å²) < 4.78 is 0. The molecule has 2 atom stereocenters. The molecule has 0 bridgehead atoms. The Bertz CT molecular complexity index is 297. The number of hydrogen-bond acceptors (Lipinski definition) is 4. The van der Waals surface area contributed by atoms with Crippen LogP contribution in [0.5, 0.6) is 0 Å². The van der Waals surface area contributed by atoms with Gasteiger partial charge in [-0.1, -0.05) is 12.1 Å². The van der Waals surface area contributed by atoms with Crippen LogP contribution in [0.4, 0.5) is 5.69 Å². The van der Waals surface area contributed by atoms with Crippen molar-refractivity contribution in [2.24, 2.45) is 0 Å². The van der Waals surface area contributed by atoms with Gasteiger partial charge in [-0.3, -0.25) is 0 Å². The van der Waals surface area contributed by atoms with Crippen molar-refractivity contribution in [2.45, 2.75) is 12.2 Å². The minimum atomic E-state index is -1.13. The normalized spacial score (nSPS) is 14.7. The maximum Gasteiger partial charge on any atom is 0.107 e. The van der Waals surface area contributed by atoms with Gasteiger partial charge in [-0.2, -0.15) is 0 Å². The molecule has 2 unspecified atom stereocenters. The van der Waals surface area contributed by atoms with Crippen molar-refractivity contribution in [3.8, 4) is 0 Å². The smallest absolute Gasteiger partial charge is 0.107 e. The lowest BCUT2D eigenvalue weighted by molar-refractivity contribution is -0.0152. The molecule has 4 nitrogen and oxygen atoms in total. The molecule has 1 rings (SSSR count). The number of aliphatic hydroxyl groups is 3. The molecule has 0 saturated carbocycles. The molecule has 1 aromatic carbocycles. The largest absolute Gasteiger partial charge is 0.394 e. The SMILES string of the molecule is CN(C)c1ccc(C(O)C(O)CO)cc1. The highest BCUT2D eigenvalue weighted by molar-refractivity contribution is 5.46. The highest BCUT2D eigenvalue weighted by Gasteiger charge is 2.16. The minimum Gasteiger partial charge on any atom is -0.394 e. The molecule has 1 aromatic rings. The van der Waals surface area contributed by atoms with Gasteiger partial charge in [0.15, 0.2) is 0 Å². The van der Waals surface area contributed by atoms with Gasteiger partial charge in [0, 0.05) is 19.8 Å². The van der Waals surface area contributed by atoms with Crippen LogP contribution in [0.3, 0.4) is 0 Å². The van der Waals surface area contributed by atoms with Crippen molar-refractivity contribution in [1.29, 1.82) is 0 Å². The number of aliphatic hydroxyl groups excluding tert-OH is 3. The van der Waals surface area contributed by atoms with Crippen LogP contribution in [0.1, 0.15) is 11.7 Å². The second-order valence-electron chi connectivity index (χ2n) is 3.68. The molecular formula is C11H17NO3. The standard InChI is InChI=1S/C11H17NO3/c1-12(2)9-5-3-8(4-6-9)11(15)10(14)7-13/h3-6,10-11,13-15H,7H2,1-2H3. The van der Waals surface area contributed by atoms with Crippen LogP contribution in [0.2, 0.25) is 0 Å². The monoisotopic (exact) mass is 211 g/mol. The highest BCUT2D eigenvalue weighted by Crippen LogP contribution is 2.20. The molecule has 0 aliphatic carbocycles. The molecule has 0 aliphatic heterocycles. The first-order chi connectivity index (χ1) is 7.06. The molecule has 0 heterocycles. The third-order valence-corrected chi connectivity index (χ3v) is 2.30. The van der Waals surface area contributed by atoms with E-state index in [0.717, 1.165) is 5.69 Å². The van der Waals surface area contributed by atoms with Crippen molar-refractivity contribution >= 4 is 5.69 Å². The first-order valence-corrected chi connectivity index (χ1v) is 4.80. The zero-order chi connectivity index (χ0) is 11.4. The Balaban J connectivity index is 2.79. The minimum absolute atomic E-state index is 0.448. The fourth-order valence-electron chi connectivity index (χ4n) is 1.29. The predicted octanol–water partition coefficient (Wildman–Crippen LogP) is 0.139. The number of nitrogens with zero attached hydrogens (tertiary/aromatic N) is 1. The Hall–Kier alpha value is -1.10. The molecule has 0 radical (unpaired) electrons. The molecule has 0 saturated heterocycles. The van der Waals surface area contributed by atoms with E-state index in [0.29, 0.717) is 5.56 Å². The van der Waals surface area contributed by atoms with Gasteiger partial charge >= 0.3 is 0 Å². The summed E-state index contributed by atoms with van der Waals surface area (Å²) in [7, 11) is 3.85. The van der Waals surface area contributed by atoms with Crippen molar-refractivity contribution in [3.63, 3.8) is 0 Å². The number of hydrogen-bond donors (Lipinski definition) is 3. The summed E-state index contributed by atoms with van der Waals surface area (Å²) in [5, 5.41) is 27.5. The highest BCUT2D eigenvalue weighted by atomic mass is 16.4. The average Bonchev–Trinajstić information content (AvgIpc) is 2.27. The van der Waals surface area contributed by atoms with Crippen molar-refractivity contribution in [3.05, 3.63) is 29.8 Å². The quantitative estimate of drug-likeness (QED) is 0.663. The zero-order valence-corrected chi connectivity index (χ0v) is 8.96. The second kappa shape index (κ2) is 5.11. The molecule has 3 N–H and O–H groups in total. The molecule has 0 aliphatic rings. The average molecular weight is 211 g/mol. The summed E-state index contributed by atoms with van der Waals surface area (Å²) in [5.74, 6) is 0. The van der Waals surface area contributed by atoms with Crippen LogP contribution in [0.15, 0.2) is 24.3 Å². The summed E-state index contributed by atoms with van der Waals surface area (Å²) in [6, 6.07) is 7.17. The maximum atomic E-state index is 9.59. The maximum absolute atomic E-state index is 9.59. The first kappa shape index (κ1) is 12.0. The van der Waals surface area contributed by atoms with E-state index in [1.165, 1.54) is 0 Å². The molecule has 0 aromatic heterocycles. The lowest BCUT2D eigenvalue weighted by Gasteiger charge is -2.17. The molecule has 0 fully saturated rings. The topological polar surface area (TPSA) is 63.9 Å². The van der Waals surface area contributed by atoms with E-state index in [-0.39, 0.29) is 0 Å². The lowest BCUT2D eigenvalue weighted by atomic mass is 10.0. The molecule has 84 valence electrons. The molecular weight excluding hydrogens is 194 g/mol. The molecule has 4 heteroatoms. The lowest BCUT2D eigenvalue weighted by Crippen LogP contribution is -2.22. The Morgan fingerprint density at radius 2 is 1.67 bits per heavy atom. The van der Waals surface area contributed by atoms with Gasteiger partial charge in [-0.15, -0.1) is 0 Å². The summed E-state index contributed by atoms with van der Waals surface area (Å²) in [6.45, 7) is -0.448. The second-order valence-corrected chi connectivity index (χ2v) is 3.68. The Morgan fingerprint density at radius 3 is 2.07 bits per heavy atom. The number of benzene rings is 1. The van der Waals surface area contributed by atoms with E-state index in [1.54, 1.807) is 12.1 Å². The fourth-order valence-corrected chi connectivity index (χ4v) is 1.29. The van der Waals surface area contributed by atoms with Gasteiger partial charge in [0.1, 0.15) is 12.2 Å². The van der Waals surface area contributed by atoms with Gasteiger partial charge in [-0.25, -0.2) is 0 Å². The van der Waals surface area contributed by atoms with Gasteiger partial charge in [0.25, 0.3) is 0 Å². The van der Waals surface area contributed by atoms with Gasteiger partial charge in [-0.05, 0) is 17.7 Å². The Kier molecular flexibility index (Phi) is 4.08. The van der Waals surface area contributed by atoms with Crippen LogP contribution < -0.4 is 4.90 Å². The fraction of sp³-hybridized carbons (Fsp3) is 0.455. The van der Waals surface area contributed by atoms with Crippen LogP contribution in [-0.2, 0) is 0 Å². The van der Waals surface area contributed by atoms with Gasteiger partial charge in [0.2, 0.25) is 0 Å². The van der Waals surface area contributed by atoms with E-state index in [1.807, 2.05) is 31.1 Å². The molecule has 0 spiro atoms. The van der Waals surface area contributed by atoms with E-state index >= 15 is 0 Å². The Labute approximate surface area is 89.4 Å². The third kappa shape index (κ3) is 2.92. The first-order valence-electron chi connectivity index (χ1n) is 4.80. The molecule has 15 heavy (non-hydrogen) atoms. The Morgan fingerprint density at radius 1 is 1.13 bits per heavy atom. The van der Waals surface area contributed by atoms with Crippen molar-refractivity contribution in [1.82, 2.24) is 0 Å². The van der Waals surface area contributed by atoms with E-state index < -0.39 is 18.8 Å². The predicted molar refractivity (Wildman–Crippen MR) is 58.8 cm³/mol. The summed E-state index contributed by atoms with van der Waals surface area (Å²) in [5.41, 5.74) is 1.62. The van der Waals surface area contributed by atoms with Crippen molar-refractivity contribution in [2.75, 3.05) is 25.6 Å². The number of anilines is 1. The van der Waals surface area contributed by atoms with Crippen LogP contribution in [-0.4, -0.2) is 42.1 Å². The van der Waals surface area contributed by atoms with E-state index in [4.69, 9.17) is 5.11 Å². The zero-order valence-electron chi connectivity index (χ0n) is 8.96. The summed E-state index contributed by atoms with van der Waals surface area (Å²) >= 11 is 0. The molecule has 0 amide bonds. The van der Waals surface area contributed by atoms with Crippen LogP contribution in [0, 0.1) is 0 Å². The summed E-state index contributed by atoms with van der Waals surface area (Å²) in [6.07, 6.45) is -2.17. The van der Waals surface area contributed by atoms with Crippen LogP contribution >= 0.6 is 0 Å². The van der Waals surface area contributed by atoms with E-state index in [9.17, 15) is 10.2 Å². The third-order valence-electron chi connectivity index (χ3n) is 2.30. The van der Waals surface area contributed by atoms with Crippen molar-refractivity contribution < 1.29 is 15.3 Å². The van der Waals surface area contributed by atoms with Gasteiger partial charge < -0.3 is 20.2 Å². The number of rotatable bonds is 4. The van der Waals surface area contributed by atoms with Crippen LogP contribution in [0.25, 0.3) is 0 Å². The van der Waals surface area contributed by atoms with Gasteiger partial charge in [0.05, 0.1) is 6.61 Å².